The molecule has 2 aromatic rings. The van der Waals surface area contributed by atoms with Gasteiger partial charge in [0.05, 0.1) is 26.4 Å². The summed E-state index contributed by atoms with van der Waals surface area (Å²) >= 11 is 0. The first-order valence-corrected chi connectivity index (χ1v) is 15.7. The summed E-state index contributed by atoms with van der Waals surface area (Å²) in [6, 6.07) is 14.3. The van der Waals surface area contributed by atoms with Crippen molar-refractivity contribution in [2.45, 2.75) is 12.8 Å². The van der Waals surface area contributed by atoms with Gasteiger partial charge >= 0.3 is 0 Å². The molecule has 244 valence electrons. The van der Waals surface area contributed by atoms with Gasteiger partial charge in [-0.25, -0.2) is 9.98 Å². The lowest BCUT2D eigenvalue weighted by Gasteiger charge is -2.27. The normalized spacial score (nSPS) is 16.7. The third kappa shape index (κ3) is 10.3. The molecule has 0 aliphatic carbocycles. The van der Waals surface area contributed by atoms with E-state index in [1.165, 1.54) is 12.4 Å². The van der Waals surface area contributed by atoms with E-state index < -0.39 is 0 Å². The lowest BCUT2D eigenvalue weighted by molar-refractivity contribution is 0.0376. The van der Waals surface area contributed by atoms with Crippen molar-refractivity contribution < 1.29 is 19.7 Å². The number of aromatic hydroxyl groups is 2. The molecule has 0 amide bonds. The van der Waals surface area contributed by atoms with Crippen molar-refractivity contribution in [2.24, 2.45) is 9.98 Å². The highest BCUT2D eigenvalue weighted by molar-refractivity contribution is 5.87. The lowest BCUT2D eigenvalue weighted by Crippen LogP contribution is -2.37. The van der Waals surface area contributed by atoms with Gasteiger partial charge in [-0.2, -0.15) is 10.5 Å². The van der Waals surface area contributed by atoms with Crippen molar-refractivity contribution in [1.29, 1.82) is 10.5 Å². The molecule has 2 fully saturated rings. The van der Waals surface area contributed by atoms with Crippen molar-refractivity contribution in [3.05, 3.63) is 58.9 Å². The zero-order valence-electron chi connectivity index (χ0n) is 26.8. The highest BCUT2D eigenvalue weighted by Crippen LogP contribution is 2.25. The lowest BCUT2D eigenvalue weighted by atomic mass is 10.1. The van der Waals surface area contributed by atoms with Crippen LogP contribution < -0.4 is 9.80 Å². The Balaban J connectivity index is 1.34. The van der Waals surface area contributed by atoms with E-state index >= 15 is 0 Å². The summed E-state index contributed by atoms with van der Waals surface area (Å²) in [6.45, 7) is 10.6. The summed E-state index contributed by atoms with van der Waals surface area (Å²) in [7, 11) is 3.96. The Hall–Kier alpha value is -4.46. The number of morpholine rings is 2. The molecule has 0 radical (unpaired) electrons. The molecule has 46 heavy (non-hydrogen) atoms. The molecule has 2 heterocycles. The molecular formula is C34H44N8O4. The number of allylic oxidation sites excluding steroid dienone is 2. The fourth-order valence-electron chi connectivity index (χ4n) is 5.28. The molecule has 0 spiro atoms. The minimum Gasteiger partial charge on any atom is -0.507 e. The van der Waals surface area contributed by atoms with Crippen molar-refractivity contribution in [1.82, 2.24) is 9.80 Å². The van der Waals surface area contributed by atoms with Gasteiger partial charge in [0.15, 0.2) is 11.4 Å². The number of phenols is 2. The quantitative estimate of drug-likeness (QED) is 0.236. The van der Waals surface area contributed by atoms with Crippen LogP contribution in [-0.2, 0) is 9.47 Å². The second kappa shape index (κ2) is 17.9. The van der Waals surface area contributed by atoms with Crippen molar-refractivity contribution in [3.63, 3.8) is 0 Å². The highest BCUT2D eigenvalue weighted by atomic mass is 16.5. The van der Waals surface area contributed by atoms with E-state index in [1.807, 2.05) is 38.4 Å². The van der Waals surface area contributed by atoms with Gasteiger partial charge in [0.2, 0.25) is 0 Å². The Kier molecular flexibility index (Phi) is 13.4. The summed E-state index contributed by atoms with van der Waals surface area (Å²) < 4.78 is 10.8. The minimum absolute atomic E-state index is 0.0108. The average Bonchev–Trinajstić information content (AvgIpc) is 3.08. The number of benzene rings is 2. The first-order chi connectivity index (χ1) is 22.4. The first-order valence-electron chi connectivity index (χ1n) is 15.7. The fourth-order valence-corrected chi connectivity index (χ4v) is 5.28. The molecule has 12 heteroatoms. The van der Waals surface area contributed by atoms with Crippen LogP contribution in [0.15, 0.2) is 57.8 Å². The van der Waals surface area contributed by atoms with Crippen molar-refractivity contribution >= 4 is 23.8 Å². The Morgan fingerprint density at radius 3 is 1.48 bits per heavy atom. The van der Waals surface area contributed by atoms with Crippen molar-refractivity contribution in [3.8, 4) is 23.6 Å². The average molecular weight is 629 g/mol. The topological polar surface area (TPSA) is 144 Å². The second-order valence-corrected chi connectivity index (χ2v) is 11.4. The number of nitrogens with zero attached hydrogens (tertiary/aromatic N) is 8. The molecule has 2 saturated heterocycles. The minimum atomic E-state index is -0.210. The van der Waals surface area contributed by atoms with Gasteiger partial charge in [0, 0.05) is 114 Å². The molecule has 0 bridgehead atoms. The number of aliphatic imine (C=N–C) groups is 2. The third-order valence-electron chi connectivity index (χ3n) is 8.15. The molecule has 4 rings (SSSR count). The molecule has 2 N–H and O–H groups in total. The van der Waals surface area contributed by atoms with Crippen LogP contribution in [0.5, 0.6) is 11.5 Å². The third-order valence-corrected chi connectivity index (χ3v) is 8.15. The monoisotopic (exact) mass is 628 g/mol. The van der Waals surface area contributed by atoms with Crippen LogP contribution in [-0.4, -0.2) is 125 Å². The maximum atomic E-state index is 10.6. The number of hydrogen-bond donors (Lipinski definition) is 2. The van der Waals surface area contributed by atoms with Crippen LogP contribution in [0.4, 0.5) is 11.4 Å². The number of hydrogen-bond acceptors (Lipinski definition) is 12. The fraction of sp³-hybridized carbons (Fsp3) is 0.471. The molecule has 2 aliphatic rings. The Bertz CT molecular complexity index is 1360. The predicted octanol–water partition coefficient (Wildman–Crippen LogP) is 3.21. The molecule has 0 saturated carbocycles. The molecule has 0 aromatic heterocycles. The van der Waals surface area contributed by atoms with E-state index in [4.69, 9.17) is 9.47 Å². The van der Waals surface area contributed by atoms with Gasteiger partial charge in [-0.3, -0.25) is 9.80 Å². The van der Waals surface area contributed by atoms with E-state index in [9.17, 15) is 20.7 Å². The number of rotatable bonds is 14. The Morgan fingerprint density at radius 2 is 1.13 bits per heavy atom. The highest BCUT2D eigenvalue weighted by Gasteiger charge is 2.13. The zero-order valence-corrected chi connectivity index (χ0v) is 26.8. The maximum Gasteiger partial charge on any atom is 0.176 e. The largest absolute Gasteiger partial charge is 0.507 e. The van der Waals surface area contributed by atoms with Gasteiger partial charge in [0.1, 0.15) is 23.6 Å². The smallest absolute Gasteiger partial charge is 0.176 e. The Labute approximate surface area is 271 Å². The SMILES string of the molecule is CN(CCCN1CCOCC1)c1ccc(C=N/C(C#N)=C(/C#N)N=Cc2ccc(N(C)CCCN3CCOCC3)cc2O)c(O)c1. The predicted molar refractivity (Wildman–Crippen MR) is 180 cm³/mol. The molecule has 2 aromatic carbocycles. The van der Waals surface area contributed by atoms with Gasteiger partial charge < -0.3 is 29.5 Å². The second-order valence-electron chi connectivity index (χ2n) is 11.4. The van der Waals surface area contributed by atoms with Crippen LogP contribution >= 0.6 is 0 Å². The summed E-state index contributed by atoms with van der Waals surface area (Å²) in [4.78, 5) is 17.2. The van der Waals surface area contributed by atoms with Gasteiger partial charge in [-0.1, -0.05) is 0 Å². The molecule has 0 unspecified atom stereocenters. The van der Waals surface area contributed by atoms with Gasteiger partial charge in [-0.05, 0) is 37.1 Å². The van der Waals surface area contributed by atoms with E-state index in [0.29, 0.717) is 11.1 Å². The molecular weight excluding hydrogens is 584 g/mol. The summed E-state index contributed by atoms with van der Waals surface area (Å²) in [5.41, 5.74) is 2.11. The molecule has 2 aliphatic heterocycles. The van der Waals surface area contributed by atoms with Crippen molar-refractivity contribution in [2.75, 3.05) is 103 Å². The number of nitriles is 2. The van der Waals surface area contributed by atoms with E-state index in [1.54, 1.807) is 24.3 Å². The first kappa shape index (κ1) is 34.4. The summed E-state index contributed by atoms with van der Waals surface area (Å²) in [6.07, 6.45) is 4.65. The summed E-state index contributed by atoms with van der Waals surface area (Å²) in [5, 5.41) is 40.6. The number of ether oxygens (including phenoxy) is 2. The Morgan fingerprint density at radius 1 is 0.739 bits per heavy atom. The van der Waals surface area contributed by atoms with Crippen LogP contribution in [0.2, 0.25) is 0 Å². The number of anilines is 2. The maximum absolute atomic E-state index is 10.6. The van der Waals surface area contributed by atoms with E-state index in [2.05, 4.69) is 29.6 Å². The van der Waals surface area contributed by atoms with E-state index in [0.717, 1.165) is 103 Å². The molecule has 0 atom stereocenters. The summed E-state index contributed by atoms with van der Waals surface area (Å²) in [5.74, 6) is 0.0216. The van der Waals surface area contributed by atoms with Crippen LogP contribution in [0, 0.1) is 22.7 Å². The standard InChI is InChI=1S/C34H44N8O4/c1-39(9-3-11-41-13-17-45-18-14-41)29-7-5-27(33(43)21-29)25-37-31(23-35)32(24-36)38-26-28-6-8-30(22-34(28)44)40(2)10-4-12-42-15-19-46-20-16-42/h5-8,21-22,25-26,43-44H,3-4,9-20H2,1-2H3/b32-31-,37-25?,38-26?. The van der Waals surface area contributed by atoms with E-state index in [-0.39, 0.29) is 22.9 Å². The van der Waals surface area contributed by atoms with Crippen LogP contribution in [0.25, 0.3) is 0 Å². The van der Waals surface area contributed by atoms with Gasteiger partial charge in [0.25, 0.3) is 0 Å². The molecule has 12 nitrogen and oxygen atoms in total. The zero-order chi connectivity index (χ0) is 32.7. The van der Waals surface area contributed by atoms with Gasteiger partial charge in [-0.15, -0.1) is 0 Å². The van der Waals surface area contributed by atoms with Crippen LogP contribution in [0.1, 0.15) is 24.0 Å². The van der Waals surface area contributed by atoms with Crippen LogP contribution in [0.3, 0.4) is 0 Å². The number of phenolic OH excluding ortho intramolecular Hbond substituents is 2.